The second-order valence-corrected chi connectivity index (χ2v) is 7.55. The van der Waals surface area contributed by atoms with Crippen LogP contribution in [0.2, 0.25) is 0 Å². The molecule has 1 amide bonds. The molecular formula is C22H22FN7O2. The maximum atomic E-state index is 14.5. The lowest BCUT2D eigenvalue weighted by atomic mass is 10.0. The Balaban J connectivity index is 1.73. The molecule has 4 N–H and O–H groups in total. The van der Waals surface area contributed by atoms with Crippen LogP contribution in [-0.2, 0) is 4.74 Å². The van der Waals surface area contributed by atoms with Gasteiger partial charge in [0.2, 0.25) is 0 Å². The fraction of sp³-hybridized carbons (Fsp3) is 0.318. The third-order valence-electron chi connectivity index (χ3n) is 5.38. The van der Waals surface area contributed by atoms with Crippen LogP contribution in [0.4, 0.5) is 16.0 Å². The van der Waals surface area contributed by atoms with E-state index in [-0.39, 0.29) is 34.7 Å². The van der Waals surface area contributed by atoms with Crippen LogP contribution < -0.4 is 16.4 Å². The van der Waals surface area contributed by atoms with Crippen LogP contribution in [0.25, 0.3) is 10.9 Å². The molecule has 3 heterocycles. The van der Waals surface area contributed by atoms with Gasteiger partial charge in [0.05, 0.1) is 17.3 Å². The number of nitrogens with zero attached hydrogens (tertiary/aromatic N) is 4. The Morgan fingerprint density at radius 1 is 1.34 bits per heavy atom. The monoisotopic (exact) mass is 435 g/mol. The van der Waals surface area contributed by atoms with E-state index in [2.05, 4.69) is 25.6 Å². The molecule has 3 aromatic rings. The number of carbonyl (C=O) groups excluding carboxylic acids is 1. The van der Waals surface area contributed by atoms with Crippen molar-refractivity contribution >= 4 is 28.4 Å². The van der Waals surface area contributed by atoms with Gasteiger partial charge in [0.25, 0.3) is 5.91 Å². The van der Waals surface area contributed by atoms with Gasteiger partial charge in [0.1, 0.15) is 40.9 Å². The van der Waals surface area contributed by atoms with Crippen molar-refractivity contribution < 1.29 is 13.9 Å². The van der Waals surface area contributed by atoms with Crippen LogP contribution in [0.1, 0.15) is 47.4 Å². The zero-order chi connectivity index (χ0) is 22.7. The third-order valence-corrected chi connectivity index (χ3v) is 5.38. The summed E-state index contributed by atoms with van der Waals surface area (Å²) in [5.74, 6) is -0.552. The molecule has 4 rings (SSSR count). The molecule has 1 aliphatic rings. The molecule has 2 aromatic heterocycles. The number of nitrogen functional groups attached to an aromatic ring is 1. The first-order valence-corrected chi connectivity index (χ1v) is 10.2. The summed E-state index contributed by atoms with van der Waals surface area (Å²) in [5, 5.41) is 16.0. The summed E-state index contributed by atoms with van der Waals surface area (Å²) in [6.45, 7) is 2.92. The number of carbonyl (C=O) groups is 1. The molecule has 9 nitrogen and oxygen atoms in total. The Kier molecular flexibility index (Phi) is 6.09. The molecular weight excluding hydrogens is 413 g/mol. The highest BCUT2D eigenvalue weighted by molar-refractivity contribution is 5.99. The summed E-state index contributed by atoms with van der Waals surface area (Å²) in [6, 6.07) is 7.60. The number of hydrogen-bond donors (Lipinski definition) is 3. The summed E-state index contributed by atoms with van der Waals surface area (Å²) >= 11 is 0. The molecule has 1 atom stereocenters. The molecule has 164 valence electrons. The third kappa shape index (κ3) is 4.29. The minimum absolute atomic E-state index is 0.0116. The molecule has 32 heavy (non-hydrogen) atoms. The van der Waals surface area contributed by atoms with E-state index in [1.54, 1.807) is 25.1 Å². The Morgan fingerprint density at radius 2 is 2.12 bits per heavy atom. The molecule has 1 unspecified atom stereocenters. The first kappa shape index (κ1) is 21.4. The highest BCUT2D eigenvalue weighted by atomic mass is 19.1. The van der Waals surface area contributed by atoms with Crippen molar-refractivity contribution in [2.24, 2.45) is 0 Å². The summed E-state index contributed by atoms with van der Waals surface area (Å²) in [4.78, 5) is 25.6. The van der Waals surface area contributed by atoms with E-state index in [0.29, 0.717) is 29.9 Å². The van der Waals surface area contributed by atoms with Gasteiger partial charge in [-0.3, -0.25) is 4.79 Å². The number of fused-ring (bicyclic) bond motifs is 1. The van der Waals surface area contributed by atoms with Crippen LogP contribution in [-0.4, -0.2) is 40.1 Å². The Hall–Kier alpha value is -3.84. The van der Waals surface area contributed by atoms with E-state index in [1.807, 2.05) is 6.07 Å². The fourth-order valence-corrected chi connectivity index (χ4v) is 3.69. The molecule has 0 saturated carbocycles. The van der Waals surface area contributed by atoms with E-state index in [1.165, 1.54) is 12.4 Å². The minimum atomic E-state index is -0.587. The van der Waals surface area contributed by atoms with Gasteiger partial charge < -0.3 is 21.1 Å². The largest absolute Gasteiger partial charge is 0.382 e. The number of halogens is 1. The SMILES string of the molecule is CC(Nc1ncnc(N)c1C#N)c1nc2c(F)cccc2cc1C(=O)NC1CCOCC1. The van der Waals surface area contributed by atoms with Gasteiger partial charge in [0, 0.05) is 24.6 Å². The second-order valence-electron chi connectivity index (χ2n) is 7.55. The Bertz CT molecular complexity index is 1200. The minimum Gasteiger partial charge on any atom is -0.382 e. The topological polar surface area (TPSA) is 139 Å². The highest BCUT2D eigenvalue weighted by Gasteiger charge is 2.24. The number of aromatic nitrogens is 3. The van der Waals surface area contributed by atoms with E-state index in [0.717, 1.165) is 12.8 Å². The number of hydrogen-bond acceptors (Lipinski definition) is 8. The summed E-state index contributed by atoms with van der Waals surface area (Å²) < 4.78 is 19.8. The first-order valence-electron chi connectivity index (χ1n) is 10.2. The summed E-state index contributed by atoms with van der Waals surface area (Å²) in [6.07, 6.45) is 2.67. The molecule has 0 aliphatic carbocycles. The van der Waals surface area contributed by atoms with Gasteiger partial charge >= 0.3 is 0 Å². The average molecular weight is 435 g/mol. The molecule has 1 aromatic carbocycles. The van der Waals surface area contributed by atoms with Gasteiger partial charge in [-0.2, -0.15) is 5.26 Å². The number of pyridine rings is 1. The molecule has 0 bridgehead atoms. The number of amides is 1. The van der Waals surface area contributed by atoms with Crippen LogP contribution in [0.5, 0.6) is 0 Å². The zero-order valence-corrected chi connectivity index (χ0v) is 17.4. The molecule has 1 aliphatic heterocycles. The zero-order valence-electron chi connectivity index (χ0n) is 17.4. The normalized spacial score (nSPS) is 15.2. The van der Waals surface area contributed by atoms with Crippen molar-refractivity contribution in [2.75, 3.05) is 24.3 Å². The molecule has 0 radical (unpaired) electrons. The Labute approximate surface area is 183 Å². The highest BCUT2D eigenvalue weighted by Crippen LogP contribution is 2.27. The van der Waals surface area contributed by atoms with E-state index >= 15 is 0 Å². The van der Waals surface area contributed by atoms with Gasteiger partial charge in [-0.15, -0.1) is 0 Å². The van der Waals surface area contributed by atoms with Crippen LogP contribution in [0, 0.1) is 17.1 Å². The standard InChI is InChI=1S/C22H22FN7O2/c1-12(28-21-16(10-24)20(25)26-11-27-21)18-15(22(31)29-14-5-7-32-8-6-14)9-13-3-2-4-17(23)19(13)30-18/h2-4,9,11-12,14H,5-8H2,1H3,(H,29,31)(H3,25,26,27,28). The van der Waals surface area contributed by atoms with Crippen LogP contribution >= 0.6 is 0 Å². The number of ether oxygens (including phenoxy) is 1. The van der Waals surface area contributed by atoms with E-state index in [9.17, 15) is 14.4 Å². The van der Waals surface area contributed by atoms with Crippen molar-refractivity contribution in [3.05, 3.63) is 53.2 Å². The smallest absolute Gasteiger partial charge is 0.253 e. The number of benzene rings is 1. The van der Waals surface area contributed by atoms with Gasteiger partial charge in [-0.05, 0) is 31.9 Å². The van der Waals surface area contributed by atoms with Crippen LogP contribution in [0.15, 0.2) is 30.6 Å². The van der Waals surface area contributed by atoms with Crippen LogP contribution in [0.3, 0.4) is 0 Å². The number of rotatable bonds is 5. The maximum absolute atomic E-state index is 14.5. The van der Waals surface area contributed by atoms with Crippen molar-refractivity contribution in [3.8, 4) is 6.07 Å². The maximum Gasteiger partial charge on any atom is 0.253 e. The fourth-order valence-electron chi connectivity index (χ4n) is 3.69. The van der Waals surface area contributed by atoms with E-state index in [4.69, 9.17) is 10.5 Å². The Morgan fingerprint density at radius 3 is 2.88 bits per heavy atom. The molecule has 1 saturated heterocycles. The van der Waals surface area contributed by atoms with Crippen molar-refractivity contribution in [2.45, 2.75) is 31.8 Å². The quantitative estimate of drug-likeness (QED) is 0.556. The predicted octanol–water partition coefficient (Wildman–Crippen LogP) is 2.70. The number of para-hydroxylation sites is 1. The van der Waals surface area contributed by atoms with Gasteiger partial charge in [-0.25, -0.2) is 19.3 Å². The first-order chi connectivity index (χ1) is 15.5. The van der Waals surface area contributed by atoms with E-state index < -0.39 is 11.9 Å². The molecule has 1 fully saturated rings. The van der Waals surface area contributed by atoms with Gasteiger partial charge in [-0.1, -0.05) is 12.1 Å². The lowest BCUT2D eigenvalue weighted by molar-refractivity contribution is 0.0696. The number of nitrogens with two attached hydrogens (primary N) is 1. The molecule has 0 spiro atoms. The number of anilines is 2. The average Bonchev–Trinajstić information content (AvgIpc) is 2.79. The second kappa shape index (κ2) is 9.11. The lowest BCUT2D eigenvalue weighted by Gasteiger charge is -2.24. The van der Waals surface area contributed by atoms with Crippen molar-refractivity contribution in [1.29, 1.82) is 5.26 Å². The number of nitriles is 1. The van der Waals surface area contributed by atoms with Crippen molar-refractivity contribution in [1.82, 2.24) is 20.3 Å². The summed E-state index contributed by atoms with van der Waals surface area (Å²) in [5.41, 5.74) is 6.65. The summed E-state index contributed by atoms with van der Waals surface area (Å²) in [7, 11) is 0. The predicted molar refractivity (Wildman–Crippen MR) is 116 cm³/mol. The lowest BCUT2D eigenvalue weighted by Crippen LogP contribution is -2.39. The molecule has 10 heteroatoms. The van der Waals surface area contributed by atoms with Gasteiger partial charge in [0.15, 0.2) is 0 Å². The van der Waals surface area contributed by atoms with Crippen molar-refractivity contribution in [3.63, 3.8) is 0 Å². The number of nitrogens with one attached hydrogen (secondary N) is 2.